The van der Waals surface area contributed by atoms with E-state index in [0.29, 0.717) is 11.0 Å². The predicted octanol–water partition coefficient (Wildman–Crippen LogP) is 0.741. The lowest BCUT2D eigenvalue weighted by atomic mass is 10.1. The topological polar surface area (TPSA) is 131 Å². The summed E-state index contributed by atoms with van der Waals surface area (Å²) in [7, 11) is -3.87. The third-order valence-electron chi connectivity index (χ3n) is 2.92. The third kappa shape index (κ3) is 3.12. The van der Waals surface area contributed by atoms with Crippen molar-refractivity contribution in [2.45, 2.75) is 24.8 Å². The summed E-state index contributed by atoms with van der Waals surface area (Å²) in [4.78, 5) is 0.0186. The fourth-order valence-electron chi connectivity index (χ4n) is 1.83. The van der Waals surface area contributed by atoms with Crippen molar-refractivity contribution < 1.29 is 13.6 Å². The zero-order valence-electron chi connectivity index (χ0n) is 11.4. The van der Waals surface area contributed by atoms with Gasteiger partial charge in [0.25, 0.3) is 0 Å². The van der Waals surface area contributed by atoms with E-state index in [2.05, 4.69) is 18.6 Å². The van der Waals surface area contributed by atoms with Crippen molar-refractivity contribution in [3.63, 3.8) is 0 Å². The number of nitrogens with one attached hydrogen (secondary N) is 1. The molecule has 1 aromatic carbocycles. The molecule has 0 aliphatic heterocycles. The molecule has 4 N–H and O–H groups in total. The normalized spacial score (nSPS) is 14.7. The number of fused-ring (bicyclic) bond motifs is 1. The fourth-order valence-corrected chi connectivity index (χ4v) is 3.95. The smallest absolute Gasteiger partial charge is 0.243 e. The Bertz CT molecular complexity index is 769. The van der Waals surface area contributed by atoms with E-state index in [9.17, 15) is 8.42 Å². The fraction of sp³-hybridized carbons (Fsp3) is 0.364. The highest BCUT2D eigenvalue weighted by Gasteiger charge is 2.27. The molecule has 0 amide bonds. The van der Waals surface area contributed by atoms with E-state index < -0.39 is 16.1 Å². The molecule has 10 heteroatoms. The first kappa shape index (κ1) is 15.6. The summed E-state index contributed by atoms with van der Waals surface area (Å²) in [5.74, 6) is -0.388. The van der Waals surface area contributed by atoms with E-state index in [4.69, 9.17) is 10.9 Å². The van der Waals surface area contributed by atoms with Crippen molar-refractivity contribution in [1.29, 1.82) is 0 Å². The average Bonchev–Trinajstić information content (AvgIpc) is 2.91. The summed E-state index contributed by atoms with van der Waals surface area (Å²) in [6.07, 6.45) is 0. The summed E-state index contributed by atoms with van der Waals surface area (Å²) < 4.78 is 35.5. The van der Waals surface area contributed by atoms with Gasteiger partial charge in [-0.15, -0.1) is 0 Å². The second kappa shape index (κ2) is 5.92. The molecule has 114 valence electrons. The molecular formula is C11H15N5O3S2. The van der Waals surface area contributed by atoms with Gasteiger partial charge in [-0.2, -0.15) is 8.75 Å². The van der Waals surface area contributed by atoms with Crippen LogP contribution in [0.3, 0.4) is 0 Å². The van der Waals surface area contributed by atoms with E-state index in [0.717, 1.165) is 11.7 Å². The lowest BCUT2D eigenvalue weighted by molar-refractivity contribution is 0.313. The summed E-state index contributed by atoms with van der Waals surface area (Å²) >= 11 is 0.939. The summed E-state index contributed by atoms with van der Waals surface area (Å²) in [6, 6.07) is 3.89. The maximum absolute atomic E-state index is 12.5. The van der Waals surface area contributed by atoms with Gasteiger partial charge in [-0.05, 0) is 18.1 Å². The molecule has 0 radical (unpaired) electrons. The van der Waals surface area contributed by atoms with Gasteiger partial charge >= 0.3 is 0 Å². The number of benzene rings is 1. The molecule has 0 spiro atoms. The number of rotatable bonds is 5. The van der Waals surface area contributed by atoms with Gasteiger partial charge in [-0.25, -0.2) is 13.1 Å². The molecule has 0 fully saturated rings. The molecule has 1 atom stereocenters. The number of oxime groups is 1. The van der Waals surface area contributed by atoms with Gasteiger partial charge in [0.05, 0.1) is 17.8 Å². The van der Waals surface area contributed by atoms with Crippen molar-refractivity contribution >= 4 is 38.6 Å². The van der Waals surface area contributed by atoms with Crippen LogP contribution in [0.5, 0.6) is 0 Å². The molecule has 0 saturated heterocycles. The van der Waals surface area contributed by atoms with E-state index in [1.54, 1.807) is 26.0 Å². The van der Waals surface area contributed by atoms with Crippen LogP contribution in [0.4, 0.5) is 0 Å². The minimum atomic E-state index is -3.87. The summed E-state index contributed by atoms with van der Waals surface area (Å²) in [5.41, 5.74) is 6.35. The first-order valence-corrected chi connectivity index (χ1v) is 8.29. The molecule has 1 aromatic heterocycles. The van der Waals surface area contributed by atoms with E-state index >= 15 is 0 Å². The standard InChI is InChI=1S/C11H15N5O3S2/c1-6(2)9(11(12)13-17)16-21(18,19)8-5-3-4-7-10(8)15-20-14-7/h3-6,9,16-17H,1-2H3,(H2,12,13). The Morgan fingerprint density at radius 2 is 2.14 bits per heavy atom. The second-order valence-corrected chi connectivity index (χ2v) is 6.97. The van der Waals surface area contributed by atoms with Crippen LogP contribution in [0.1, 0.15) is 13.8 Å². The number of hydrogen-bond donors (Lipinski definition) is 3. The minimum Gasteiger partial charge on any atom is -0.409 e. The molecule has 2 rings (SSSR count). The predicted molar refractivity (Wildman–Crippen MR) is 79.8 cm³/mol. The van der Waals surface area contributed by atoms with Gasteiger partial charge in [0.2, 0.25) is 10.0 Å². The van der Waals surface area contributed by atoms with Crippen LogP contribution in [0, 0.1) is 5.92 Å². The molecule has 1 heterocycles. The highest BCUT2D eigenvalue weighted by Crippen LogP contribution is 2.21. The van der Waals surface area contributed by atoms with Crippen LogP contribution < -0.4 is 10.5 Å². The zero-order chi connectivity index (χ0) is 15.6. The number of nitrogens with zero attached hydrogens (tertiary/aromatic N) is 3. The van der Waals surface area contributed by atoms with Crippen molar-refractivity contribution in [2.24, 2.45) is 16.8 Å². The molecule has 1 unspecified atom stereocenters. The van der Waals surface area contributed by atoms with Crippen molar-refractivity contribution in [3.05, 3.63) is 18.2 Å². The molecule has 0 aliphatic carbocycles. The quantitative estimate of drug-likeness (QED) is 0.321. The second-order valence-electron chi connectivity index (χ2n) is 4.76. The largest absolute Gasteiger partial charge is 0.409 e. The molecular weight excluding hydrogens is 314 g/mol. The Hall–Kier alpha value is -1.78. The van der Waals surface area contributed by atoms with E-state index in [1.165, 1.54) is 6.07 Å². The van der Waals surface area contributed by atoms with Gasteiger partial charge in [0.1, 0.15) is 15.9 Å². The van der Waals surface area contributed by atoms with Crippen LogP contribution in [0.25, 0.3) is 11.0 Å². The molecule has 0 aliphatic rings. The maximum atomic E-state index is 12.5. The monoisotopic (exact) mass is 329 g/mol. The van der Waals surface area contributed by atoms with Crippen LogP contribution >= 0.6 is 11.7 Å². The number of nitrogens with two attached hydrogens (primary N) is 1. The highest BCUT2D eigenvalue weighted by atomic mass is 32.2. The van der Waals surface area contributed by atoms with E-state index in [1.807, 2.05) is 0 Å². The van der Waals surface area contributed by atoms with Crippen LogP contribution in [0.15, 0.2) is 28.3 Å². The Kier molecular flexibility index (Phi) is 4.40. The van der Waals surface area contributed by atoms with Gasteiger partial charge in [0, 0.05) is 0 Å². The number of amidine groups is 1. The minimum absolute atomic E-state index is 0.0186. The Balaban J connectivity index is 2.45. The van der Waals surface area contributed by atoms with Crippen molar-refractivity contribution in [3.8, 4) is 0 Å². The van der Waals surface area contributed by atoms with Crippen molar-refractivity contribution in [1.82, 2.24) is 13.5 Å². The molecule has 21 heavy (non-hydrogen) atoms. The van der Waals surface area contributed by atoms with Crippen LogP contribution in [-0.2, 0) is 10.0 Å². The lowest BCUT2D eigenvalue weighted by Gasteiger charge is -2.20. The first-order chi connectivity index (χ1) is 9.86. The maximum Gasteiger partial charge on any atom is 0.243 e. The molecule has 2 aromatic rings. The Morgan fingerprint density at radius 1 is 1.43 bits per heavy atom. The molecule has 0 saturated carbocycles. The third-order valence-corrected chi connectivity index (χ3v) is 4.94. The van der Waals surface area contributed by atoms with Gasteiger partial charge in [-0.1, -0.05) is 25.1 Å². The number of hydrogen-bond acceptors (Lipinski definition) is 7. The summed E-state index contributed by atoms with van der Waals surface area (Å²) in [5, 5.41) is 11.6. The van der Waals surface area contributed by atoms with Crippen LogP contribution in [0.2, 0.25) is 0 Å². The highest BCUT2D eigenvalue weighted by molar-refractivity contribution is 7.89. The van der Waals surface area contributed by atoms with Gasteiger partial charge in [0.15, 0.2) is 5.84 Å². The number of aromatic nitrogens is 2. The van der Waals surface area contributed by atoms with Gasteiger partial charge < -0.3 is 10.9 Å². The lowest BCUT2D eigenvalue weighted by Crippen LogP contribution is -2.47. The first-order valence-electron chi connectivity index (χ1n) is 6.08. The van der Waals surface area contributed by atoms with Gasteiger partial charge in [-0.3, -0.25) is 0 Å². The summed E-state index contributed by atoms with van der Waals surface area (Å²) in [6.45, 7) is 3.52. The molecule has 8 nitrogen and oxygen atoms in total. The SMILES string of the molecule is CC(C)C(NS(=O)(=O)c1cccc2nsnc12)C(N)=NO. The molecule has 0 bridgehead atoms. The Labute approximate surface area is 126 Å². The van der Waals surface area contributed by atoms with Crippen LogP contribution in [-0.4, -0.2) is 34.2 Å². The Morgan fingerprint density at radius 3 is 2.76 bits per heavy atom. The van der Waals surface area contributed by atoms with E-state index in [-0.39, 0.29) is 16.6 Å². The average molecular weight is 329 g/mol. The zero-order valence-corrected chi connectivity index (χ0v) is 13.0. The number of sulfonamides is 1. The van der Waals surface area contributed by atoms with Crippen molar-refractivity contribution in [2.75, 3.05) is 0 Å².